The Morgan fingerprint density at radius 2 is 2.14 bits per heavy atom. The lowest BCUT2D eigenvalue weighted by Crippen LogP contribution is -2.38. The van der Waals surface area contributed by atoms with E-state index in [1.54, 1.807) is 6.07 Å². The van der Waals surface area contributed by atoms with E-state index in [1.165, 1.54) is 23.9 Å². The van der Waals surface area contributed by atoms with Gasteiger partial charge in [-0.1, -0.05) is 13.8 Å². The van der Waals surface area contributed by atoms with E-state index in [4.69, 9.17) is 0 Å². The topological polar surface area (TPSA) is 92.5 Å². The van der Waals surface area contributed by atoms with Gasteiger partial charge in [-0.2, -0.15) is 0 Å². The smallest absolute Gasteiger partial charge is 0.282 e. The van der Waals surface area contributed by atoms with E-state index in [1.807, 2.05) is 20.1 Å². The van der Waals surface area contributed by atoms with Crippen LogP contribution in [0.1, 0.15) is 30.6 Å². The third-order valence-electron chi connectivity index (χ3n) is 2.96. The summed E-state index contributed by atoms with van der Waals surface area (Å²) in [6, 6.07) is 4.03. The van der Waals surface area contributed by atoms with Gasteiger partial charge in [0.1, 0.15) is 5.56 Å². The summed E-state index contributed by atoms with van der Waals surface area (Å²) in [5, 5.41) is 23.0. The van der Waals surface area contributed by atoms with Crippen molar-refractivity contribution in [3.8, 4) is 0 Å². The van der Waals surface area contributed by atoms with Crippen LogP contribution < -0.4 is 5.32 Å². The first-order valence-corrected chi connectivity index (χ1v) is 7.85. The molecule has 21 heavy (non-hydrogen) atoms. The van der Waals surface area contributed by atoms with Crippen molar-refractivity contribution >= 4 is 23.4 Å². The van der Waals surface area contributed by atoms with E-state index >= 15 is 0 Å². The lowest BCUT2D eigenvalue weighted by Gasteiger charge is -2.18. The largest absolute Gasteiger partial charge is 0.394 e. The number of nitrogens with one attached hydrogen (secondary N) is 1. The lowest BCUT2D eigenvalue weighted by molar-refractivity contribution is -0.385. The molecule has 0 saturated carbocycles. The molecule has 0 heterocycles. The normalized spacial score (nSPS) is 12.2. The Hall–Kier alpha value is -1.60. The number of benzene rings is 1. The molecule has 1 aromatic carbocycles. The predicted molar refractivity (Wildman–Crippen MR) is 82.7 cm³/mol. The molecule has 1 amide bonds. The quantitative estimate of drug-likeness (QED) is 0.458. The molecule has 0 fully saturated rings. The number of aliphatic hydroxyl groups excluding tert-OH is 1. The molecular formula is C14H20N2O4S. The van der Waals surface area contributed by atoms with E-state index in [-0.39, 0.29) is 17.9 Å². The lowest BCUT2D eigenvalue weighted by atomic mass is 10.0. The van der Waals surface area contributed by atoms with E-state index in [2.05, 4.69) is 5.32 Å². The fraction of sp³-hybridized carbons (Fsp3) is 0.500. The summed E-state index contributed by atoms with van der Waals surface area (Å²) in [7, 11) is 0. The van der Waals surface area contributed by atoms with Crippen molar-refractivity contribution in [2.75, 3.05) is 12.9 Å². The second-order valence-corrected chi connectivity index (χ2v) is 6.00. The first-order chi connectivity index (χ1) is 9.88. The van der Waals surface area contributed by atoms with Gasteiger partial charge in [0.25, 0.3) is 11.6 Å². The van der Waals surface area contributed by atoms with Gasteiger partial charge in [0, 0.05) is 11.0 Å². The second kappa shape index (κ2) is 7.99. The first-order valence-electron chi connectivity index (χ1n) is 6.63. The fourth-order valence-corrected chi connectivity index (χ4v) is 2.43. The first kappa shape index (κ1) is 17.5. The third kappa shape index (κ3) is 5.02. The van der Waals surface area contributed by atoms with Crippen molar-refractivity contribution in [3.05, 3.63) is 33.9 Å². The molecule has 0 aliphatic rings. The minimum absolute atomic E-state index is 0.0223. The number of hydrogen-bond acceptors (Lipinski definition) is 5. The molecule has 1 unspecified atom stereocenters. The molecule has 1 rings (SSSR count). The highest BCUT2D eigenvalue weighted by molar-refractivity contribution is 7.98. The molecule has 6 nitrogen and oxygen atoms in total. The van der Waals surface area contributed by atoms with Gasteiger partial charge in [0.2, 0.25) is 0 Å². The van der Waals surface area contributed by atoms with Gasteiger partial charge in [-0.15, -0.1) is 11.8 Å². The number of hydrogen-bond donors (Lipinski definition) is 2. The number of carbonyl (C=O) groups excluding carboxylic acids is 1. The summed E-state index contributed by atoms with van der Waals surface area (Å²) in [5.74, 6) is -0.229. The molecule has 0 aliphatic carbocycles. The zero-order valence-corrected chi connectivity index (χ0v) is 13.1. The van der Waals surface area contributed by atoms with Gasteiger partial charge in [-0.25, -0.2) is 0 Å². The highest BCUT2D eigenvalue weighted by atomic mass is 32.2. The van der Waals surface area contributed by atoms with Gasteiger partial charge in [0.05, 0.1) is 17.6 Å². The Bertz CT molecular complexity index is 520. The van der Waals surface area contributed by atoms with Crippen LogP contribution in [0.15, 0.2) is 23.1 Å². The molecule has 0 radical (unpaired) electrons. The molecular weight excluding hydrogens is 292 g/mol. The van der Waals surface area contributed by atoms with Crippen LogP contribution in [0.2, 0.25) is 0 Å². The zero-order chi connectivity index (χ0) is 16.0. The Morgan fingerprint density at radius 1 is 1.48 bits per heavy atom. The van der Waals surface area contributed by atoms with Gasteiger partial charge in [0.15, 0.2) is 0 Å². The zero-order valence-electron chi connectivity index (χ0n) is 12.3. The highest BCUT2D eigenvalue weighted by Gasteiger charge is 2.23. The number of aliphatic hydroxyl groups is 1. The summed E-state index contributed by atoms with van der Waals surface area (Å²) in [5.41, 5.74) is -0.208. The average molecular weight is 312 g/mol. The van der Waals surface area contributed by atoms with Crippen LogP contribution in [0.25, 0.3) is 0 Å². The van der Waals surface area contributed by atoms with Gasteiger partial charge < -0.3 is 10.4 Å². The maximum Gasteiger partial charge on any atom is 0.282 e. The van der Waals surface area contributed by atoms with Crippen LogP contribution in [0, 0.1) is 16.0 Å². The Morgan fingerprint density at radius 3 is 2.62 bits per heavy atom. The maximum atomic E-state index is 12.3. The van der Waals surface area contributed by atoms with Crippen molar-refractivity contribution in [3.63, 3.8) is 0 Å². The molecule has 2 N–H and O–H groups in total. The van der Waals surface area contributed by atoms with Crippen molar-refractivity contribution in [2.45, 2.75) is 31.2 Å². The van der Waals surface area contributed by atoms with Crippen LogP contribution in [0.5, 0.6) is 0 Å². The molecule has 1 aromatic rings. The van der Waals surface area contributed by atoms with Crippen LogP contribution >= 0.6 is 11.8 Å². The fourth-order valence-electron chi connectivity index (χ4n) is 1.99. The molecule has 1 atom stereocenters. The minimum Gasteiger partial charge on any atom is -0.394 e. The second-order valence-electron chi connectivity index (χ2n) is 5.12. The van der Waals surface area contributed by atoms with E-state index in [0.29, 0.717) is 12.3 Å². The number of thioether (sulfide) groups is 1. The Labute approximate surface area is 128 Å². The highest BCUT2D eigenvalue weighted by Crippen LogP contribution is 2.25. The van der Waals surface area contributed by atoms with Crippen LogP contribution in [-0.4, -0.2) is 34.8 Å². The Balaban J connectivity index is 3.01. The number of nitro benzene ring substituents is 1. The standard InChI is InChI=1S/C14H20N2O4S/c1-9(2)6-10(8-17)15-14(18)12-7-11(21-3)4-5-13(12)16(19)20/h4-5,7,9-10,17H,6,8H2,1-3H3,(H,15,18). The number of nitrogens with zero attached hydrogens (tertiary/aromatic N) is 1. The predicted octanol–water partition coefficient (Wildman–Crippen LogP) is 2.45. The van der Waals surface area contributed by atoms with Gasteiger partial charge in [-0.05, 0) is 30.7 Å². The van der Waals surface area contributed by atoms with Crippen LogP contribution in [-0.2, 0) is 0 Å². The molecule has 0 aliphatic heterocycles. The molecule has 0 spiro atoms. The van der Waals surface area contributed by atoms with E-state index < -0.39 is 16.9 Å². The van der Waals surface area contributed by atoms with Crippen molar-refractivity contribution in [1.82, 2.24) is 5.32 Å². The van der Waals surface area contributed by atoms with E-state index in [9.17, 15) is 20.0 Å². The summed E-state index contributed by atoms with van der Waals surface area (Å²) in [4.78, 5) is 23.5. The van der Waals surface area contributed by atoms with Gasteiger partial charge >= 0.3 is 0 Å². The van der Waals surface area contributed by atoms with Crippen LogP contribution in [0.3, 0.4) is 0 Å². The van der Waals surface area contributed by atoms with Crippen LogP contribution in [0.4, 0.5) is 5.69 Å². The van der Waals surface area contributed by atoms with Crippen molar-refractivity contribution in [1.29, 1.82) is 0 Å². The molecule has 0 saturated heterocycles. The number of rotatable bonds is 7. The average Bonchev–Trinajstić information content (AvgIpc) is 2.44. The molecule has 0 bridgehead atoms. The summed E-state index contributed by atoms with van der Waals surface area (Å²) in [6.07, 6.45) is 2.44. The number of amides is 1. The SMILES string of the molecule is CSc1ccc([N+](=O)[O-])c(C(=O)NC(CO)CC(C)C)c1. The number of carbonyl (C=O) groups is 1. The minimum atomic E-state index is -0.574. The summed E-state index contributed by atoms with van der Waals surface area (Å²) >= 11 is 1.40. The summed E-state index contributed by atoms with van der Waals surface area (Å²) < 4.78 is 0. The van der Waals surface area contributed by atoms with Crippen molar-refractivity contribution in [2.24, 2.45) is 5.92 Å². The Kier molecular flexibility index (Phi) is 6.64. The monoisotopic (exact) mass is 312 g/mol. The third-order valence-corrected chi connectivity index (χ3v) is 3.68. The molecule has 116 valence electrons. The van der Waals surface area contributed by atoms with Gasteiger partial charge in [-0.3, -0.25) is 14.9 Å². The molecule has 7 heteroatoms. The van der Waals surface area contributed by atoms with Crippen molar-refractivity contribution < 1.29 is 14.8 Å². The maximum absolute atomic E-state index is 12.3. The van der Waals surface area contributed by atoms with E-state index in [0.717, 1.165) is 4.90 Å². The molecule has 0 aromatic heterocycles. The summed E-state index contributed by atoms with van der Waals surface area (Å²) in [6.45, 7) is 3.76. The number of nitro groups is 1.